The highest BCUT2D eigenvalue weighted by atomic mass is 32.2. The molecule has 2 atom stereocenters. The zero-order valence-corrected chi connectivity index (χ0v) is 18.4. The van der Waals surface area contributed by atoms with Gasteiger partial charge in [0.25, 0.3) is 0 Å². The number of carbonyl (C=O) groups excluding carboxylic acids is 2. The molecule has 30 heavy (non-hydrogen) atoms. The number of hydrogen-bond donors (Lipinski definition) is 3. The summed E-state index contributed by atoms with van der Waals surface area (Å²) in [6.45, 7) is 4.83. The molecule has 2 heterocycles. The molecule has 0 radical (unpaired) electrons. The maximum absolute atomic E-state index is 13.5. The number of nitrogens with one attached hydrogen (secondary N) is 2. The number of benzene rings is 1. The minimum atomic E-state index is -1.02. The number of piperidine rings is 1. The molecular weight excluding hydrogens is 402 g/mol. The summed E-state index contributed by atoms with van der Waals surface area (Å²) < 4.78 is 0. The first kappa shape index (κ1) is 22.6. The highest BCUT2D eigenvalue weighted by Gasteiger charge is 2.45. The smallest absolute Gasteiger partial charge is 0.326 e. The van der Waals surface area contributed by atoms with E-state index in [1.54, 1.807) is 11.8 Å². The van der Waals surface area contributed by atoms with Crippen LogP contribution in [0.3, 0.4) is 0 Å². The lowest BCUT2D eigenvalue weighted by Crippen LogP contribution is -2.57. The van der Waals surface area contributed by atoms with Gasteiger partial charge in [0.05, 0.1) is 11.5 Å². The van der Waals surface area contributed by atoms with Crippen LogP contribution in [0.25, 0.3) is 0 Å². The van der Waals surface area contributed by atoms with Gasteiger partial charge in [0.2, 0.25) is 11.8 Å². The van der Waals surface area contributed by atoms with Crippen molar-refractivity contribution >= 4 is 29.5 Å². The summed E-state index contributed by atoms with van der Waals surface area (Å²) in [5.41, 5.74) is 0.0402. The van der Waals surface area contributed by atoms with E-state index in [1.165, 1.54) is 0 Å². The van der Waals surface area contributed by atoms with E-state index in [2.05, 4.69) is 10.6 Å². The molecule has 0 aliphatic carbocycles. The molecule has 164 valence electrons. The Kier molecular flexibility index (Phi) is 7.41. The Labute approximate surface area is 182 Å². The quantitative estimate of drug-likeness (QED) is 0.607. The first-order valence-corrected chi connectivity index (χ1v) is 11.7. The highest BCUT2D eigenvalue weighted by Crippen LogP contribution is 2.36. The van der Waals surface area contributed by atoms with Crippen LogP contribution >= 0.6 is 11.8 Å². The van der Waals surface area contributed by atoms with E-state index < -0.39 is 17.4 Å². The number of amides is 2. The summed E-state index contributed by atoms with van der Waals surface area (Å²) >= 11 is 1.71. The highest BCUT2D eigenvalue weighted by molar-refractivity contribution is 7.99. The van der Waals surface area contributed by atoms with E-state index >= 15 is 0 Å². The van der Waals surface area contributed by atoms with Crippen LogP contribution in [-0.2, 0) is 19.8 Å². The maximum atomic E-state index is 13.5. The van der Waals surface area contributed by atoms with Gasteiger partial charge in [-0.2, -0.15) is 0 Å². The minimum absolute atomic E-state index is 0.0882. The van der Waals surface area contributed by atoms with Gasteiger partial charge in [0.15, 0.2) is 0 Å². The summed E-state index contributed by atoms with van der Waals surface area (Å²) in [5, 5.41) is 15.6. The SMILES string of the molecule is CC(C)CC(NC(=O)C1(c2ccccc2)CCN(C(=O)C2CSCN2)CC1)C(=O)O. The first-order chi connectivity index (χ1) is 14.3. The maximum Gasteiger partial charge on any atom is 0.326 e. The van der Waals surface area contributed by atoms with Crippen molar-refractivity contribution in [3.8, 4) is 0 Å². The van der Waals surface area contributed by atoms with Crippen molar-refractivity contribution in [1.82, 2.24) is 15.5 Å². The Bertz CT molecular complexity index is 757. The third-order valence-corrected chi connectivity index (χ3v) is 6.95. The molecular formula is C22H31N3O4S. The number of thioether (sulfide) groups is 1. The van der Waals surface area contributed by atoms with Gasteiger partial charge in [-0.15, -0.1) is 11.8 Å². The number of aliphatic carboxylic acids is 1. The number of carboxylic acids is 1. The van der Waals surface area contributed by atoms with Gasteiger partial charge < -0.3 is 15.3 Å². The van der Waals surface area contributed by atoms with Crippen LogP contribution in [0.1, 0.15) is 38.7 Å². The van der Waals surface area contributed by atoms with Crippen molar-refractivity contribution in [2.24, 2.45) is 5.92 Å². The van der Waals surface area contributed by atoms with Gasteiger partial charge in [-0.1, -0.05) is 44.2 Å². The predicted molar refractivity (Wildman–Crippen MR) is 117 cm³/mol. The van der Waals surface area contributed by atoms with Crippen LogP contribution < -0.4 is 10.6 Å². The standard InChI is InChI=1S/C22H31N3O4S/c1-15(2)12-17(20(27)28)24-21(29)22(16-6-4-3-5-7-16)8-10-25(11-9-22)19(26)18-13-30-14-23-18/h3-7,15,17-18,23H,8-14H2,1-2H3,(H,24,29)(H,27,28). The van der Waals surface area contributed by atoms with Crippen LogP contribution in [-0.4, -0.2) is 64.6 Å². The van der Waals surface area contributed by atoms with Gasteiger partial charge in [-0.3, -0.25) is 14.9 Å². The van der Waals surface area contributed by atoms with Gasteiger partial charge in [0.1, 0.15) is 6.04 Å². The fraction of sp³-hybridized carbons (Fsp3) is 0.591. The summed E-state index contributed by atoms with van der Waals surface area (Å²) in [6, 6.07) is 8.45. The molecule has 8 heteroatoms. The molecule has 0 spiro atoms. The second-order valence-electron chi connectivity index (χ2n) is 8.54. The van der Waals surface area contributed by atoms with Crippen LogP contribution in [0.15, 0.2) is 30.3 Å². The molecule has 1 aromatic carbocycles. The van der Waals surface area contributed by atoms with E-state index in [4.69, 9.17) is 0 Å². The fourth-order valence-corrected chi connectivity index (χ4v) is 5.21. The van der Waals surface area contributed by atoms with E-state index in [0.29, 0.717) is 32.4 Å². The average Bonchev–Trinajstić information content (AvgIpc) is 3.28. The first-order valence-electron chi connectivity index (χ1n) is 10.5. The average molecular weight is 434 g/mol. The number of nitrogens with zero attached hydrogens (tertiary/aromatic N) is 1. The summed E-state index contributed by atoms with van der Waals surface area (Å²) in [7, 11) is 0. The van der Waals surface area contributed by atoms with Gasteiger partial charge in [-0.25, -0.2) is 4.79 Å². The predicted octanol–water partition coefficient (Wildman–Crippen LogP) is 1.82. The molecule has 3 N–H and O–H groups in total. The van der Waals surface area contributed by atoms with Crippen LogP contribution in [0.5, 0.6) is 0 Å². The van der Waals surface area contributed by atoms with Crippen molar-refractivity contribution in [2.75, 3.05) is 24.7 Å². The zero-order valence-electron chi connectivity index (χ0n) is 17.6. The van der Waals surface area contributed by atoms with Crippen molar-refractivity contribution in [1.29, 1.82) is 0 Å². The molecule has 7 nitrogen and oxygen atoms in total. The van der Waals surface area contributed by atoms with E-state index in [9.17, 15) is 19.5 Å². The molecule has 1 aromatic rings. The fourth-order valence-electron chi connectivity index (χ4n) is 4.28. The third kappa shape index (κ3) is 4.98. The van der Waals surface area contributed by atoms with E-state index in [1.807, 2.05) is 49.1 Å². The normalized spacial score (nSPS) is 22.0. The van der Waals surface area contributed by atoms with Crippen LogP contribution in [0, 0.1) is 5.92 Å². The molecule has 2 fully saturated rings. The molecule has 2 amide bonds. The van der Waals surface area contributed by atoms with Gasteiger partial charge >= 0.3 is 5.97 Å². The lowest BCUT2D eigenvalue weighted by atomic mass is 9.71. The second-order valence-corrected chi connectivity index (χ2v) is 9.57. The molecule has 2 saturated heterocycles. The van der Waals surface area contributed by atoms with Crippen molar-refractivity contribution in [3.05, 3.63) is 35.9 Å². The van der Waals surface area contributed by atoms with E-state index in [0.717, 1.165) is 17.2 Å². The molecule has 0 bridgehead atoms. The number of carboxylic acid groups (broad SMARTS) is 1. The summed E-state index contributed by atoms with van der Waals surface area (Å²) in [6.07, 6.45) is 1.33. The Morgan fingerprint density at radius 1 is 1.23 bits per heavy atom. The lowest BCUT2D eigenvalue weighted by Gasteiger charge is -2.42. The third-order valence-electron chi connectivity index (χ3n) is 6.01. The van der Waals surface area contributed by atoms with Gasteiger partial charge in [0, 0.05) is 24.7 Å². The second kappa shape index (κ2) is 9.83. The molecule has 2 unspecified atom stereocenters. The molecule has 3 rings (SSSR count). The van der Waals surface area contributed by atoms with Crippen molar-refractivity contribution < 1.29 is 19.5 Å². The number of carbonyl (C=O) groups is 3. The Morgan fingerprint density at radius 2 is 1.90 bits per heavy atom. The Hall–Kier alpha value is -2.06. The summed E-state index contributed by atoms with van der Waals surface area (Å²) in [4.78, 5) is 39.8. The van der Waals surface area contributed by atoms with Crippen LogP contribution in [0.4, 0.5) is 0 Å². The largest absolute Gasteiger partial charge is 0.480 e. The topological polar surface area (TPSA) is 98.7 Å². The van der Waals surface area contributed by atoms with Gasteiger partial charge in [-0.05, 0) is 30.7 Å². The molecule has 2 aliphatic rings. The van der Waals surface area contributed by atoms with Crippen molar-refractivity contribution in [2.45, 2.75) is 50.6 Å². The number of likely N-dealkylation sites (tertiary alicyclic amines) is 1. The van der Waals surface area contributed by atoms with Crippen molar-refractivity contribution in [3.63, 3.8) is 0 Å². The Balaban J connectivity index is 1.79. The zero-order chi connectivity index (χ0) is 21.7. The molecule has 0 aromatic heterocycles. The number of hydrogen-bond acceptors (Lipinski definition) is 5. The lowest BCUT2D eigenvalue weighted by molar-refractivity contribution is -0.144. The monoisotopic (exact) mass is 433 g/mol. The van der Waals surface area contributed by atoms with Crippen LogP contribution in [0.2, 0.25) is 0 Å². The summed E-state index contributed by atoms with van der Waals surface area (Å²) in [5.74, 6) is 0.518. The minimum Gasteiger partial charge on any atom is -0.480 e. The van der Waals surface area contributed by atoms with E-state index in [-0.39, 0.29) is 23.8 Å². The molecule has 2 aliphatic heterocycles. The molecule has 0 saturated carbocycles. The number of rotatable bonds is 7. The Morgan fingerprint density at radius 3 is 2.43 bits per heavy atom.